The van der Waals surface area contributed by atoms with Crippen LogP contribution in [-0.2, 0) is 0 Å². The fraction of sp³-hybridized carbons (Fsp3) is 0. The van der Waals surface area contributed by atoms with Gasteiger partial charge in [0.1, 0.15) is 11.2 Å². The minimum absolute atomic E-state index is 0.0614. The summed E-state index contributed by atoms with van der Waals surface area (Å²) < 4.78 is 80.1. The first-order valence-corrected chi connectivity index (χ1v) is 17.1. The van der Waals surface area contributed by atoms with Gasteiger partial charge in [-0.15, -0.1) is 11.3 Å². The second kappa shape index (κ2) is 10.9. The summed E-state index contributed by atoms with van der Waals surface area (Å²) in [4.78, 5) is 14.7. The van der Waals surface area contributed by atoms with Gasteiger partial charge in [-0.1, -0.05) is 115 Å². The number of nitrogens with zero attached hydrogens (tertiary/aromatic N) is 4. The highest BCUT2D eigenvalue weighted by Gasteiger charge is 2.20. The second-order valence-corrected chi connectivity index (χ2v) is 13.3. The Morgan fingerprint density at radius 1 is 0.529 bits per heavy atom. The summed E-state index contributed by atoms with van der Waals surface area (Å²) in [5, 5.41) is 4.01. The van der Waals surface area contributed by atoms with E-state index in [2.05, 4.69) is 48.5 Å². The predicted octanol–water partition coefficient (Wildman–Crippen LogP) is 12.2. The molecule has 0 aliphatic carbocycles. The molecule has 0 unspecified atom stereocenters. The highest BCUT2D eigenvalue weighted by molar-refractivity contribution is 7.26. The van der Waals surface area contributed by atoms with Gasteiger partial charge in [0.2, 0.25) is 5.95 Å². The van der Waals surface area contributed by atoms with Gasteiger partial charge in [-0.05, 0) is 48.0 Å². The summed E-state index contributed by atoms with van der Waals surface area (Å²) in [6, 6.07) is 31.8. The van der Waals surface area contributed by atoms with Crippen LogP contribution < -0.4 is 0 Å². The lowest BCUT2D eigenvalue weighted by molar-refractivity contribution is 0.669. The summed E-state index contributed by atoms with van der Waals surface area (Å²) in [7, 11) is 0. The summed E-state index contributed by atoms with van der Waals surface area (Å²) in [6.45, 7) is 0. The van der Waals surface area contributed by atoms with E-state index in [1.807, 2.05) is 60.7 Å². The van der Waals surface area contributed by atoms with E-state index in [1.54, 1.807) is 11.3 Å². The molecule has 5 nitrogen and oxygen atoms in total. The van der Waals surface area contributed by atoms with Crippen LogP contribution >= 0.6 is 11.3 Å². The van der Waals surface area contributed by atoms with Crippen LogP contribution in [0, 0.1) is 0 Å². The van der Waals surface area contributed by atoms with Gasteiger partial charge in [-0.25, -0.2) is 4.98 Å². The molecule has 11 rings (SSSR count). The van der Waals surface area contributed by atoms with Crippen molar-refractivity contribution in [3.05, 3.63) is 158 Å². The predicted molar refractivity (Wildman–Crippen MR) is 211 cm³/mol. The van der Waals surface area contributed by atoms with Crippen molar-refractivity contribution in [1.82, 2.24) is 19.5 Å². The fourth-order valence-electron chi connectivity index (χ4n) is 7.08. The normalized spacial score (nSPS) is 14.1. The Hall–Kier alpha value is -6.63. The number of para-hydroxylation sites is 2. The summed E-state index contributed by atoms with van der Waals surface area (Å²) in [5.74, 6) is 0.389. The monoisotopic (exact) mass is 678 g/mol. The lowest BCUT2D eigenvalue weighted by Gasteiger charge is -2.11. The smallest absolute Gasteiger partial charge is 0.238 e. The average molecular weight is 679 g/mol. The van der Waals surface area contributed by atoms with Crippen LogP contribution in [0.15, 0.2) is 162 Å². The van der Waals surface area contributed by atoms with Crippen LogP contribution in [-0.4, -0.2) is 19.5 Å². The van der Waals surface area contributed by atoms with Crippen molar-refractivity contribution in [3.8, 4) is 39.9 Å². The zero-order valence-corrected chi connectivity index (χ0v) is 27.3. The third-order valence-corrected chi connectivity index (χ3v) is 10.6. The standard InChI is InChI=1S/C45H26N4OS/c1-2-12-27(13-3-1)43-46-44(48-45(47-43)49-36-20-7-4-14-29(36)30-15-5-8-21-37(30)49)28-24-25-38-35(26-28)41-32(17-11-22-39(41)50-38)34-19-10-18-33-31-16-6-9-23-40(31)51-42(33)34/h1-26H/i4D,5D,7D,8D,14D,15D,20D,21D. The number of aromatic nitrogens is 4. The number of hydrogen-bond acceptors (Lipinski definition) is 5. The Bertz CT molecular complexity index is 3540. The van der Waals surface area contributed by atoms with Crippen molar-refractivity contribution >= 4 is 75.3 Å². The minimum Gasteiger partial charge on any atom is -0.456 e. The minimum atomic E-state index is -0.529. The Balaban J connectivity index is 1.21. The lowest BCUT2D eigenvalue weighted by Crippen LogP contribution is -2.06. The second-order valence-electron chi connectivity index (χ2n) is 12.2. The topological polar surface area (TPSA) is 56.7 Å². The van der Waals surface area contributed by atoms with E-state index in [9.17, 15) is 0 Å². The quantitative estimate of drug-likeness (QED) is 0.186. The molecule has 0 saturated heterocycles. The van der Waals surface area contributed by atoms with Crippen LogP contribution in [0.25, 0.3) is 104 Å². The third-order valence-electron chi connectivity index (χ3n) is 9.34. The molecule has 0 aliphatic heterocycles. The Morgan fingerprint density at radius 2 is 1.22 bits per heavy atom. The summed E-state index contributed by atoms with van der Waals surface area (Å²) >= 11 is 1.75. The number of benzene rings is 7. The zero-order valence-electron chi connectivity index (χ0n) is 34.5. The summed E-state index contributed by atoms with van der Waals surface area (Å²) in [6.07, 6.45) is 0. The van der Waals surface area contributed by atoms with Gasteiger partial charge in [0.25, 0.3) is 0 Å². The molecule has 11 aromatic rings. The molecule has 0 radical (unpaired) electrons. The van der Waals surface area contributed by atoms with Crippen molar-refractivity contribution in [2.45, 2.75) is 0 Å². The van der Waals surface area contributed by atoms with Crippen LogP contribution in [0.4, 0.5) is 0 Å². The Morgan fingerprint density at radius 3 is 2.04 bits per heavy atom. The summed E-state index contributed by atoms with van der Waals surface area (Å²) in [5.41, 5.74) is 4.53. The maximum absolute atomic E-state index is 9.05. The molecule has 0 aliphatic rings. The first-order chi connectivity index (χ1) is 28.6. The van der Waals surface area contributed by atoms with Gasteiger partial charge in [-0.3, -0.25) is 4.57 Å². The van der Waals surface area contributed by atoms with Crippen molar-refractivity contribution in [2.75, 3.05) is 0 Å². The van der Waals surface area contributed by atoms with E-state index in [0.29, 0.717) is 22.3 Å². The van der Waals surface area contributed by atoms with Gasteiger partial charge >= 0.3 is 0 Å². The molecule has 4 heterocycles. The van der Waals surface area contributed by atoms with Crippen LogP contribution in [0.5, 0.6) is 0 Å². The molecule has 6 heteroatoms. The van der Waals surface area contributed by atoms with Crippen molar-refractivity contribution in [3.63, 3.8) is 0 Å². The highest BCUT2D eigenvalue weighted by Crippen LogP contribution is 2.44. The maximum atomic E-state index is 9.05. The third kappa shape index (κ3) is 4.30. The molecule has 0 atom stereocenters. The largest absolute Gasteiger partial charge is 0.456 e. The molecule has 238 valence electrons. The van der Waals surface area contributed by atoms with E-state index >= 15 is 0 Å². The maximum Gasteiger partial charge on any atom is 0.238 e. The Kier molecular flexibility index (Phi) is 4.60. The number of fused-ring (bicyclic) bond motifs is 9. The lowest BCUT2D eigenvalue weighted by atomic mass is 9.97. The van der Waals surface area contributed by atoms with E-state index in [-0.39, 0.29) is 39.4 Å². The van der Waals surface area contributed by atoms with Gasteiger partial charge in [0.05, 0.1) is 22.0 Å². The molecule has 51 heavy (non-hydrogen) atoms. The molecule has 0 N–H and O–H groups in total. The first kappa shape index (κ1) is 21.5. The van der Waals surface area contributed by atoms with E-state index in [1.165, 1.54) is 24.7 Å². The molecular weight excluding hydrogens is 645 g/mol. The Labute approximate surface area is 307 Å². The molecule has 0 saturated carbocycles. The molecule has 7 aromatic carbocycles. The molecule has 0 fully saturated rings. The number of hydrogen-bond donors (Lipinski definition) is 0. The molecule has 0 bridgehead atoms. The van der Waals surface area contributed by atoms with Crippen molar-refractivity contribution in [1.29, 1.82) is 0 Å². The molecule has 0 spiro atoms. The average Bonchev–Trinajstić information content (AvgIpc) is 3.96. The molecule has 0 amide bonds. The van der Waals surface area contributed by atoms with Gasteiger partial charge in [0, 0.05) is 58.4 Å². The van der Waals surface area contributed by atoms with Gasteiger partial charge in [-0.2, -0.15) is 9.97 Å². The van der Waals surface area contributed by atoms with Crippen LogP contribution in [0.1, 0.15) is 11.0 Å². The van der Waals surface area contributed by atoms with Crippen molar-refractivity contribution in [2.24, 2.45) is 0 Å². The highest BCUT2D eigenvalue weighted by atomic mass is 32.1. The van der Waals surface area contributed by atoms with E-state index < -0.39 is 48.3 Å². The van der Waals surface area contributed by atoms with E-state index in [0.717, 1.165) is 21.9 Å². The number of rotatable bonds is 4. The fourth-order valence-corrected chi connectivity index (χ4v) is 8.31. The SMILES string of the molecule is [2H]c1c([2H])c([2H])c2c(c1[2H])c1c([2H])c([2H])c([2H])c([2H])c1n2-c1nc(-c2ccccc2)nc(-c2ccc3oc4cccc(-c5cccc6c5sc5ccccc56)c4c3c2)n1. The van der Waals surface area contributed by atoms with Gasteiger partial charge in [0.15, 0.2) is 11.6 Å². The number of thiophene rings is 1. The zero-order chi connectivity index (χ0) is 40.4. The van der Waals surface area contributed by atoms with Crippen molar-refractivity contribution < 1.29 is 15.4 Å². The molecule has 4 aromatic heterocycles. The van der Waals surface area contributed by atoms with E-state index in [4.69, 9.17) is 30.3 Å². The van der Waals surface area contributed by atoms with Gasteiger partial charge < -0.3 is 4.42 Å². The van der Waals surface area contributed by atoms with Crippen LogP contribution in [0.3, 0.4) is 0 Å². The molecular formula is C45H26N4OS. The van der Waals surface area contributed by atoms with Crippen LogP contribution in [0.2, 0.25) is 0 Å². The first-order valence-electron chi connectivity index (χ1n) is 20.3. The number of furan rings is 1.